The fraction of sp³-hybridized carbons (Fsp3) is 0.632. The number of hydrogen-bond donors (Lipinski definition) is 2. The zero-order valence-corrected chi connectivity index (χ0v) is 17.2. The Morgan fingerprint density at radius 2 is 1.83 bits per heavy atom. The molecule has 1 aromatic carbocycles. The molecular weight excluding hydrogens is 411 g/mol. The molecule has 1 aliphatic carbocycles. The molecule has 0 bridgehead atoms. The average Bonchev–Trinajstić information content (AvgIpc) is 3.35. The predicted octanol–water partition coefficient (Wildman–Crippen LogP) is 3.38. The molecule has 4 nitrogen and oxygen atoms in total. The van der Waals surface area contributed by atoms with E-state index in [0.29, 0.717) is 18.1 Å². The summed E-state index contributed by atoms with van der Waals surface area (Å²) in [5, 5.41) is 7.19. The van der Waals surface area contributed by atoms with E-state index in [-0.39, 0.29) is 24.0 Å². The van der Waals surface area contributed by atoms with Gasteiger partial charge in [0.05, 0.1) is 0 Å². The van der Waals surface area contributed by atoms with Gasteiger partial charge >= 0.3 is 0 Å². The smallest absolute Gasteiger partial charge is 0.191 e. The Labute approximate surface area is 163 Å². The topological polar surface area (TPSA) is 39.7 Å². The summed E-state index contributed by atoms with van der Waals surface area (Å²) in [6.45, 7) is 7.50. The molecular formula is C19H31IN4. The third-order valence-electron chi connectivity index (χ3n) is 4.82. The molecule has 3 rings (SSSR count). The van der Waals surface area contributed by atoms with Gasteiger partial charge in [-0.3, -0.25) is 9.89 Å². The molecule has 1 saturated heterocycles. The average molecular weight is 442 g/mol. The summed E-state index contributed by atoms with van der Waals surface area (Å²) in [6, 6.07) is 12.6. The van der Waals surface area contributed by atoms with Crippen LogP contribution in [0.2, 0.25) is 0 Å². The highest BCUT2D eigenvalue weighted by Gasteiger charge is 2.27. The van der Waals surface area contributed by atoms with Crippen LogP contribution in [0.5, 0.6) is 0 Å². The normalized spacial score (nSPS) is 25.0. The first-order valence-corrected chi connectivity index (χ1v) is 9.10. The van der Waals surface area contributed by atoms with Crippen LogP contribution >= 0.6 is 24.0 Å². The highest BCUT2D eigenvalue weighted by molar-refractivity contribution is 14.0. The Morgan fingerprint density at radius 1 is 1.12 bits per heavy atom. The highest BCUT2D eigenvalue weighted by atomic mass is 127. The van der Waals surface area contributed by atoms with Gasteiger partial charge in [-0.25, -0.2) is 0 Å². The molecule has 2 N–H and O–H groups in total. The number of piperidine rings is 1. The molecule has 0 amide bonds. The lowest BCUT2D eigenvalue weighted by Gasteiger charge is -2.38. The van der Waals surface area contributed by atoms with Crippen molar-refractivity contribution in [2.45, 2.75) is 64.2 Å². The van der Waals surface area contributed by atoms with E-state index in [1.807, 2.05) is 0 Å². The van der Waals surface area contributed by atoms with Crippen molar-refractivity contribution < 1.29 is 0 Å². The van der Waals surface area contributed by atoms with E-state index in [2.05, 4.69) is 64.7 Å². The van der Waals surface area contributed by atoms with E-state index in [1.54, 1.807) is 0 Å². The van der Waals surface area contributed by atoms with Crippen molar-refractivity contribution in [3.8, 4) is 0 Å². The first-order chi connectivity index (χ1) is 11.2. The second-order valence-electron chi connectivity index (χ2n) is 6.91. The maximum absolute atomic E-state index is 4.59. The monoisotopic (exact) mass is 442 g/mol. The zero-order chi connectivity index (χ0) is 16.1. The molecule has 1 aliphatic heterocycles. The van der Waals surface area contributed by atoms with Gasteiger partial charge in [0.15, 0.2) is 5.96 Å². The van der Waals surface area contributed by atoms with E-state index < -0.39 is 0 Å². The number of hydrogen-bond acceptors (Lipinski definition) is 2. The number of guanidine groups is 1. The molecule has 24 heavy (non-hydrogen) atoms. The van der Waals surface area contributed by atoms with Crippen LogP contribution in [0.3, 0.4) is 0 Å². The third kappa shape index (κ3) is 5.92. The minimum absolute atomic E-state index is 0. The van der Waals surface area contributed by atoms with Gasteiger partial charge in [0.25, 0.3) is 0 Å². The van der Waals surface area contributed by atoms with Gasteiger partial charge in [-0.1, -0.05) is 30.3 Å². The van der Waals surface area contributed by atoms with Crippen molar-refractivity contribution in [3.63, 3.8) is 0 Å². The largest absolute Gasteiger partial charge is 0.354 e. The molecule has 134 valence electrons. The summed E-state index contributed by atoms with van der Waals surface area (Å²) in [5.74, 6) is 1.02. The molecule has 0 spiro atoms. The molecule has 0 aromatic heterocycles. The van der Waals surface area contributed by atoms with E-state index in [1.165, 1.54) is 31.2 Å². The fourth-order valence-electron chi connectivity index (χ4n) is 3.31. The van der Waals surface area contributed by atoms with Crippen molar-refractivity contribution in [2.75, 3.05) is 13.1 Å². The predicted molar refractivity (Wildman–Crippen MR) is 112 cm³/mol. The Bertz CT molecular complexity index is 515. The minimum Gasteiger partial charge on any atom is -0.354 e. The molecule has 1 saturated carbocycles. The van der Waals surface area contributed by atoms with E-state index >= 15 is 0 Å². The van der Waals surface area contributed by atoms with Gasteiger partial charge in [-0.05, 0) is 45.1 Å². The van der Waals surface area contributed by atoms with E-state index in [0.717, 1.165) is 25.6 Å². The molecule has 2 atom stereocenters. The van der Waals surface area contributed by atoms with Crippen LogP contribution in [0.4, 0.5) is 0 Å². The Hall–Kier alpha value is -0.820. The summed E-state index contributed by atoms with van der Waals surface area (Å²) in [6.07, 6.45) is 4.95. The van der Waals surface area contributed by atoms with Crippen LogP contribution in [0.1, 0.15) is 45.1 Å². The van der Waals surface area contributed by atoms with Crippen LogP contribution in [0, 0.1) is 0 Å². The number of nitrogens with one attached hydrogen (secondary N) is 2. The fourth-order valence-corrected chi connectivity index (χ4v) is 3.31. The van der Waals surface area contributed by atoms with Gasteiger partial charge in [0, 0.05) is 37.8 Å². The highest BCUT2D eigenvalue weighted by Crippen LogP contribution is 2.21. The SMILES string of the molecule is CCN=C(NC1CC1)NC1CCN(Cc2ccccc2)C(C)C1.I. The lowest BCUT2D eigenvalue weighted by Crippen LogP contribution is -2.51. The maximum Gasteiger partial charge on any atom is 0.191 e. The third-order valence-corrected chi connectivity index (χ3v) is 4.82. The van der Waals surface area contributed by atoms with Gasteiger partial charge in [0.2, 0.25) is 0 Å². The summed E-state index contributed by atoms with van der Waals surface area (Å²) in [4.78, 5) is 7.19. The number of rotatable bonds is 5. The number of aliphatic imine (C=N–C) groups is 1. The second-order valence-corrected chi connectivity index (χ2v) is 6.91. The van der Waals surface area contributed by atoms with Crippen molar-refractivity contribution in [3.05, 3.63) is 35.9 Å². The molecule has 1 aromatic rings. The first kappa shape index (κ1) is 19.5. The van der Waals surface area contributed by atoms with Crippen molar-refractivity contribution in [2.24, 2.45) is 4.99 Å². The van der Waals surface area contributed by atoms with Crippen molar-refractivity contribution in [1.29, 1.82) is 0 Å². The molecule has 2 fully saturated rings. The Morgan fingerprint density at radius 3 is 2.46 bits per heavy atom. The Balaban J connectivity index is 0.00000208. The van der Waals surface area contributed by atoms with Crippen molar-refractivity contribution in [1.82, 2.24) is 15.5 Å². The van der Waals surface area contributed by atoms with Gasteiger partial charge in [-0.2, -0.15) is 0 Å². The molecule has 2 unspecified atom stereocenters. The zero-order valence-electron chi connectivity index (χ0n) is 14.9. The lowest BCUT2D eigenvalue weighted by molar-refractivity contribution is 0.134. The van der Waals surface area contributed by atoms with E-state index in [9.17, 15) is 0 Å². The number of benzene rings is 1. The van der Waals surface area contributed by atoms with Crippen LogP contribution in [0.15, 0.2) is 35.3 Å². The minimum atomic E-state index is 0. The summed E-state index contributed by atoms with van der Waals surface area (Å²) in [7, 11) is 0. The quantitative estimate of drug-likeness (QED) is 0.417. The van der Waals surface area contributed by atoms with Gasteiger partial charge < -0.3 is 10.6 Å². The van der Waals surface area contributed by atoms with Crippen LogP contribution < -0.4 is 10.6 Å². The number of likely N-dealkylation sites (tertiary alicyclic amines) is 1. The standard InChI is InChI=1S/C19H30N4.HI/c1-3-20-19(21-17-9-10-17)22-18-11-12-23(15(2)13-18)14-16-7-5-4-6-8-16;/h4-8,15,17-18H,3,9-14H2,1-2H3,(H2,20,21,22);1H. The Kier molecular flexibility index (Phi) is 7.81. The summed E-state index contributed by atoms with van der Waals surface area (Å²) >= 11 is 0. The number of halogens is 1. The van der Waals surface area contributed by atoms with E-state index in [4.69, 9.17) is 0 Å². The van der Waals surface area contributed by atoms with Gasteiger partial charge in [-0.15, -0.1) is 24.0 Å². The molecule has 2 aliphatic rings. The number of nitrogens with zero attached hydrogens (tertiary/aromatic N) is 2. The van der Waals surface area contributed by atoms with Gasteiger partial charge in [0.1, 0.15) is 0 Å². The molecule has 0 radical (unpaired) electrons. The van der Waals surface area contributed by atoms with Crippen LogP contribution in [0.25, 0.3) is 0 Å². The first-order valence-electron chi connectivity index (χ1n) is 9.10. The maximum atomic E-state index is 4.59. The molecule has 5 heteroatoms. The van der Waals surface area contributed by atoms with Crippen LogP contribution in [-0.2, 0) is 6.54 Å². The lowest BCUT2D eigenvalue weighted by atomic mass is 9.97. The van der Waals surface area contributed by atoms with Crippen molar-refractivity contribution >= 4 is 29.9 Å². The summed E-state index contributed by atoms with van der Waals surface area (Å²) in [5.41, 5.74) is 1.41. The second kappa shape index (κ2) is 9.61. The van der Waals surface area contributed by atoms with Crippen LogP contribution in [-0.4, -0.2) is 42.1 Å². The summed E-state index contributed by atoms with van der Waals surface area (Å²) < 4.78 is 0. The molecule has 1 heterocycles.